The Balaban J connectivity index is 3.53. The second-order valence-corrected chi connectivity index (χ2v) is 8.04. The average molecular weight is 442 g/mol. The molecule has 0 aromatic heterocycles. The van der Waals surface area contributed by atoms with Crippen molar-refractivity contribution in [1.82, 2.24) is 5.17 Å². The summed E-state index contributed by atoms with van der Waals surface area (Å²) in [6.45, 7) is 2.48. The minimum atomic E-state index is -1.18. The first-order valence-corrected chi connectivity index (χ1v) is 12.0. The number of nitrogens with two attached hydrogens (primary N) is 1. The van der Waals surface area contributed by atoms with Gasteiger partial charge >= 0.3 is 11.9 Å². The highest BCUT2D eigenvalue weighted by Gasteiger charge is 2.16. The molecular weight excluding hydrogens is 398 g/mol. The number of nitrogens with zero attached hydrogens (tertiary/aromatic N) is 2. The molecule has 0 spiro atoms. The molecular formula is C23H43N3O5. The fourth-order valence-corrected chi connectivity index (χ4v) is 3.16. The van der Waals surface area contributed by atoms with Gasteiger partial charge in [-0.1, -0.05) is 82.0 Å². The Hall–Kier alpha value is -1.96. The lowest BCUT2D eigenvalue weighted by Crippen LogP contribution is -2.31. The predicted molar refractivity (Wildman–Crippen MR) is 123 cm³/mol. The van der Waals surface area contributed by atoms with Gasteiger partial charge in [-0.05, 0) is 38.5 Å². The van der Waals surface area contributed by atoms with Crippen LogP contribution in [0.2, 0.25) is 0 Å². The van der Waals surface area contributed by atoms with Gasteiger partial charge in [0.1, 0.15) is 6.04 Å². The summed E-state index contributed by atoms with van der Waals surface area (Å²) >= 11 is 0. The summed E-state index contributed by atoms with van der Waals surface area (Å²) in [5, 5.41) is 12.1. The van der Waals surface area contributed by atoms with E-state index in [-0.39, 0.29) is 19.4 Å². The third-order valence-electron chi connectivity index (χ3n) is 5.14. The van der Waals surface area contributed by atoms with E-state index in [4.69, 9.17) is 15.7 Å². The van der Waals surface area contributed by atoms with Crippen LogP contribution in [0.4, 0.5) is 0 Å². The number of carboxylic acid groups (broad SMARTS) is 1. The van der Waals surface area contributed by atoms with Crippen molar-refractivity contribution in [3.05, 3.63) is 17.1 Å². The van der Waals surface area contributed by atoms with E-state index in [0.29, 0.717) is 6.42 Å². The summed E-state index contributed by atoms with van der Waals surface area (Å²) in [4.78, 5) is 37.8. The molecule has 3 N–H and O–H groups in total. The zero-order valence-electron chi connectivity index (χ0n) is 19.3. The molecule has 0 aromatic rings. The molecule has 0 aliphatic rings. The monoisotopic (exact) mass is 441 g/mol. The highest BCUT2D eigenvalue weighted by molar-refractivity contribution is 5.75. The van der Waals surface area contributed by atoms with Crippen LogP contribution in [0.15, 0.2) is 17.4 Å². The molecule has 0 rings (SSSR count). The third kappa shape index (κ3) is 19.7. The highest BCUT2D eigenvalue weighted by atomic mass is 16.8. The lowest BCUT2D eigenvalue weighted by Gasteiger charge is -2.14. The molecule has 0 aromatic carbocycles. The molecule has 0 aliphatic carbocycles. The summed E-state index contributed by atoms with van der Waals surface area (Å²) in [6, 6.07) is -1.12. The molecule has 0 saturated heterocycles. The molecule has 1 atom stereocenters. The van der Waals surface area contributed by atoms with Gasteiger partial charge in [-0.3, -0.25) is 4.79 Å². The Bertz CT molecular complexity index is 500. The second-order valence-electron chi connectivity index (χ2n) is 8.04. The number of aliphatic carboxylic acids is 1. The summed E-state index contributed by atoms with van der Waals surface area (Å²) in [5.41, 5.74) is 5.32. The largest absolute Gasteiger partial charge is 0.480 e. The number of allylic oxidation sites excluding steroid dienone is 2. The minimum Gasteiger partial charge on any atom is -0.480 e. The summed E-state index contributed by atoms with van der Waals surface area (Å²) < 4.78 is 0. The van der Waals surface area contributed by atoms with E-state index in [1.807, 2.05) is 0 Å². The molecule has 180 valence electrons. The predicted octanol–water partition coefficient (Wildman–Crippen LogP) is 5.66. The Labute approximate surface area is 187 Å². The van der Waals surface area contributed by atoms with Gasteiger partial charge in [-0.15, -0.1) is 4.91 Å². The van der Waals surface area contributed by atoms with Gasteiger partial charge < -0.3 is 15.7 Å². The van der Waals surface area contributed by atoms with Crippen LogP contribution in [0, 0.1) is 4.91 Å². The van der Waals surface area contributed by atoms with Crippen molar-refractivity contribution in [3.8, 4) is 0 Å². The van der Waals surface area contributed by atoms with E-state index in [2.05, 4.69) is 24.4 Å². The number of carboxylic acids is 1. The van der Waals surface area contributed by atoms with E-state index in [1.54, 1.807) is 0 Å². The standard InChI is InChI=1S/C23H43N3O5/c1-2-3-4-5-6-7-8-9-10-11-12-13-14-15-16-17-20-26(25-30)31-22(27)19-18-21(24)23(28)29/h9-10,21H,2-8,11-20,24H2,1H3,(H,28,29)/b10-9-/t21-/m0/s1. The first kappa shape index (κ1) is 29.0. The first-order valence-electron chi connectivity index (χ1n) is 12.0. The van der Waals surface area contributed by atoms with Crippen LogP contribution >= 0.6 is 0 Å². The van der Waals surface area contributed by atoms with Crippen LogP contribution in [-0.4, -0.2) is 34.8 Å². The molecule has 0 amide bonds. The van der Waals surface area contributed by atoms with Crippen LogP contribution in [-0.2, 0) is 14.4 Å². The molecule has 0 aliphatic heterocycles. The summed E-state index contributed by atoms with van der Waals surface area (Å²) in [5.74, 6) is -1.89. The van der Waals surface area contributed by atoms with E-state index >= 15 is 0 Å². The van der Waals surface area contributed by atoms with Gasteiger partial charge in [0, 0.05) is 0 Å². The number of hydrogen-bond acceptors (Lipinski definition) is 6. The van der Waals surface area contributed by atoms with Crippen LogP contribution in [0.5, 0.6) is 0 Å². The zero-order chi connectivity index (χ0) is 23.2. The Morgan fingerprint density at radius 2 is 1.45 bits per heavy atom. The van der Waals surface area contributed by atoms with Gasteiger partial charge in [0.25, 0.3) is 0 Å². The van der Waals surface area contributed by atoms with Crippen molar-refractivity contribution >= 4 is 11.9 Å². The van der Waals surface area contributed by atoms with Crippen molar-refractivity contribution in [2.24, 2.45) is 11.0 Å². The topological polar surface area (TPSA) is 122 Å². The van der Waals surface area contributed by atoms with Crippen molar-refractivity contribution in [2.45, 2.75) is 116 Å². The van der Waals surface area contributed by atoms with Crippen molar-refractivity contribution < 1.29 is 19.5 Å². The molecule has 0 radical (unpaired) electrons. The fourth-order valence-electron chi connectivity index (χ4n) is 3.16. The number of nitroso groups, excluding NO2 is 1. The molecule has 0 saturated carbocycles. The fraction of sp³-hybridized carbons (Fsp3) is 0.826. The van der Waals surface area contributed by atoms with Gasteiger partial charge in [0.05, 0.1) is 18.3 Å². The highest BCUT2D eigenvalue weighted by Crippen LogP contribution is 2.11. The van der Waals surface area contributed by atoms with Crippen LogP contribution in [0.25, 0.3) is 0 Å². The molecule has 0 unspecified atom stereocenters. The Kier molecular flexibility index (Phi) is 19.9. The third-order valence-corrected chi connectivity index (χ3v) is 5.14. The van der Waals surface area contributed by atoms with Gasteiger partial charge in [-0.25, -0.2) is 4.79 Å². The zero-order valence-corrected chi connectivity index (χ0v) is 19.3. The molecule has 0 heterocycles. The number of rotatable bonds is 22. The average Bonchev–Trinajstić information content (AvgIpc) is 2.76. The van der Waals surface area contributed by atoms with E-state index < -0.39 is 18.0 Å². The minimum absolute atomic E-state index is 0.0465. The number of carbonyl (C=O) groups excluding carboxylic acids is 1. The maximum atomic E-state index is 11.6. The molecule has 0 bridgehead atoms. The second kappa shape index (κ2) is 21.3. The quantitative estimate of drug-likeness (QED) is 0.0962. The molecule has 8 nitrogen and oxygen atoms in total. The lowest BCUT2D eigenvalue weighted by atomic mass is 10.1. The number of unbranched alkanes of at least 4 members (excludes halogenated alkanes) is 12. The van der Waals surface area contributed by atoms with Gasteiger partial charge in [-0.2, -0.15) is 0 Å². The van der Waals surface area contributed by atoms with Gasteiger partial charge in [0.15, 0.2) is 0 Å². The summed E-state index contributed by atoms with van der Waals surface area (Å²) in [6.07, 6.45) is 21.0. The van der Waals surface area contributed by atoms with Crippen LogP contribution < -0.4 is 5.73 Å². The Morgan fingerprint density at radius 1 is 0.935 bits per heavy atom. The van der Waals surface area contributed by atoms with E-state index in [1.165, 1.54) is 57.8 Å². The first-order chi connectivity index (χ1) is 15.0. The van der Waals surface area contributed by atoms with E-state index in [0.717, 1.165) is 30.9 Å². The molecule has 0 fully saturated rings. The number of hydrogen-bond donors (Lipinski definition) is 2. The van der Waals surface area contributed by atoms with Crippen LogP contribution in [0.3, 0.4) is 0 Å². The molecule has 31 heavy (non-hydrogen) atoms. The number of carbonyl (C=O) groups is 2. The van der Waals surface area contributed by atoms with Crippen molar-refractivity contribution in [3.63, 3.8) is 0 Å². The van der Waals surface area contributed by atoms with Crippen molar-refractivity contribution in [1.29, 1.82) is 0 Å². The normalized spacial score (nSPS) is 12.1. The smallest absolute Gasteiger partial charge is 0.334 e. The SMILES string of the molecule is CCCCCCCC/C=C\CCCCCCCCN(N=O)OC(=O)CC[C@H](N)C(=O)O. The summed E-state index contributed by atoms with van der Waals surface area (Å²) in [7, 11) is 0. The maximum Gasteiger partial charge on any atom is 0.334 e. The van der Waals surface area contributed by atoms with Crippen LogP contribution in [0.1, 0.15) is 110 Å². The number of hydroxylamine groups is 1. The lowest BCUT2D eigenvalue weighted by molar-refractivity contribution is -0.192. The maximum absolute atomic E-state index is 11.6. The van der Waals surface area contributed by atoms with Crippen molar-refractivity contribution in [2.75, 3.05) is 6.54 Å². The Morgan fingerprint density at radius 3 is 1.97 bits per heavy atom. The molecule has 8 heteroatoms. The van der Waals surface area contributed by atoms with Gasteiger partial charge in [0.2, 0.25) is 0 Å². The van der Waals surface area contributed by atoms with E-state index in [9.17, 15) is 14.5 Å².